The first-order valence-electron chi connectivity index (χ1n) is 9.67. The van der Waals surface area contributed by atoms with E-state index in [-0.39, 0.29) is 11.4 Å². The van der Waals surface area contributed by atoms with Crippen LogP contribution in [0.15, 0.2) is 77.7 Å². The summed E-state index contributed by atoms with van der Waals surface area (Å²) in [5.74, 6) is -1.06. The number of halogens is 2. The van der Waals surface area contributed by atoms with Gasteiger partial charge >= 0.3 is 5.97 Å². The Kier molecular flexibility index (Phi) is 8.10. The lowest BCUT2D eigenvalue weighted by Crippen LogP contribution is -2.37. The molecular weight excluding hydrogens is 487 g/mol. The molecule has 0 unspecified atom stereocenters. The number of esters is 1. The molecule has 0 aliphatic heterocycles. The number of benzene rings is 3. The third kappa shape index (κ3) is 6.55. The predicted molar refractivity (Wildman–Crippen MR) is 127 cm³/mol. The fourth-order valence-electron chi connectivity index (χ4n) is 2.99. The molecule has 0 spiro atoms. The largest absolute Gasteiger partial charge is 0.465 e. The van der Waals surface area contributed by atoms with Crippen molar-refractivity contribution in [3.05, 3.63) is 94.0 Å². The smallest absolute Gasteiger partial charge is 0.337 e. The topological polar surface area (TPSA) is 92.8 Å². The minimum absolute atomic E-state index is 0.00385. The van der Waals surface area contributed by atoms with Crippen LogP contribution < -0.4 is 5.32 Å². The number of hydrogen-bond acceptors (Lipinski definition) is 5. The average Bonchev–Trinajstić information content (AvgIpc) is 2.79. The number of amides is 1. The highest BCUT2D eigenvalue weighted by molar-refractivity contribution is 7.89. The number of nitrogens with zero attached hydrogens (tertiary/aromatic N) is 1. The van der Waals surface area contributed by atoms with Gasteiger partial charge in [-0.3, -0.25) is 4.79 Å². The number of hydrogen-bond donors (Lipinski definition) is 1. The van der Waals surface area contributed by atoms with Gasteiger partial charge < -0.3 is 10.1 Å². The summed E-state index contributed by atoms with van der Waals surface area (Å²) >= 11 is 11.9. The van der Waals surface area contributed by atoms with Gasteiger partial charge in [0, 0.05) is 22.3 Å². The number of ether oxygens (including phenoxy) is 1. The summed E-state index contributed by atoms with van der Waals surface area (Å²) in [6, 6.07) is 18.5. The highest BCUT2D eigenvalue weighted by Gasteiger charge is 2.27. The normalized spacial score (nSPS) is 11.3. The molecule has 1 N–H and O–H groups in total. The van der Waals surface area contributed by atoms with Crippen LogP contribution in [-0.2, 0) is 26.1 Å². The zero-order valence-electron chi connectivity index (χ0n) is 17.5. The van der Waals surface area contributed by atoms with Crippen molar-refractivity contribution in [3.8, 4) is 0 Å². The molecule has 7 nitrogen and oxygen atoms in total. The van der Waals surface area contributed by atoms with Crippen LogP contribution in [0.2, 0.25) is 10.0 Å². The molecule has 1 amide bonds. The maximum atomic E-state index is 13.3. The third-order valence-electron chi connectivity index (χ3n) is 4.61. The van der Waals surface area contributed by atoms with E-state index in [2.05, 4.69) is 10.1 Å². The minimum atomic E-state index is -4.03. The first-order chi connectivity index (χ1) is 15.7. The van der Waals surface area contributed by atoms with Gasteiger partial charge in [0.05, 0.1) is 24.1 Å². The number of nitrogens with one attached hydrogen (secondary N) is 1. The van der Waals surface area contributed by atoms with Crippen molar-refractivity contribution >= 4 is 50.8 Å². The van der Waals surface area contributed by atoms with E-state index in [1.165, 1.54) is 55.6 Å². The summed E-state index contributed by atoms with van der Waals surface area (Å²) in [6.07, 6.45) is 0. The molecule has 0 bridgehead atoms. The highest BCUT2D eigenvalue weighted by atomic mass is 35.5. The van der Waals surface area contributed by atoms with Crippen LogP contribution in [0, 0.1) is 0 Å². The lowest BCUT2D eigenvalue weighted by Gasteiger charge is -2.22. The number of carbonyl (C=O) groups is 2. The molecule has 10 heteroatoms. The van der Waals surface area contributed by atoms with Crippen molar-refractivity contribution in [2.75, 3.05) is 19.0 Å². The summed E-state index contributed by atoms with van der Waals surface area (Å²) in [7, 11) is -2.76. The van der Waals surface area contributed by atoms with E-state index in [0.29, 0.717) is 26.9 Å². The monoisotopic (exact) mass is 506 g/mol. The third-order valence-corrected chi connectivity index (χ3v) is 6.90. The van der Waals surface area contributed by atoms with Gasteiger partial charge in [0.1, 0.15) is 0 Å². The highest BCUT2D eigenvalue weighted by Crippen LogP contribution is 2.22. The van der Waals surface area contributed by atoms with Crippen LogP contribution in [0.5, 0.6) is 0 Å². The molecule has 0 saturated heterocycles. The van der Waals surface area contributed by atoms with Crippen LogP contribution in [0.3, 0.4) is 0 Å². The number of carbonyl (C=O) groups excluding carboxylic acids is 2. The van der Waals surface area contributed by atoms with E-state index in [9.17, 15) is 18.0 Å². The van der Waals surface area contributed by atoms with E-state index < -0.39 is 28.4 Å². The van der Waals surface area contributed by atoms with E-state index in [4.69, 9.17) is 23.2 Å². The number of rotatable bonds is 8. The first-order valence-corrected chi connectivity index (χ1v) is 11.9. The fraction of sp³-hybridized carbons (Fsp3) is 0.130. The molecule has 0 saturated carbocycles. The summed E-state index contributed by atoms with van der Waals surface area (Å²) in [6.45, 7) is -0.517. The standard InChI is InChI=1S/C23H20Cl2N2O5S/c1-32-23(29)17-5-9-20(10-6-17)26-22(28)15-27(14-16-3-2-4-19(25)13-16)33(30,31)21-11-7-18(24)8-12-21/h2-13H,14-15H2,1H3,(H,26,28). The minimum Gasteiger partial charge on any atom is -0.465 e. The van der Waals surface area contributed by atoms with Gasteiger partial charge in [-0.1, -0.05) is 35.3 Å². The Morgan fingerprint density at radius 2 is 1.61 bits per heavy atom. The van der Waals surface area contributed by atoms with Crippen molar-refractivity contribution < 1.29 is 22.7 Å². The molecule has 172 valence electrons. The van der Waals surface area contributed by atoms with Crippen LogP contribution in [0.4, 0.5) is 5.69 Å². The molecule has 0 radical (unpaired) electrons. The van der Waals surface area contributed by atoms with E-state index >= 15 is 0 Å². The van der Waals surface area contributed by atoms with Crippen molar-refractivity contribution in [2.24, 2.45) is 0 Å². The van der Waals surface area contributed by atoms with Crippen molar-refractivity contribution in [1.82, 2.24) is 4.31 Å². The molecule has 0 aromatic heterocycles. The van der Waals surface area contributed by atoms with Gasteiger partial charge in [0.2, 0.25) is 15.9 Å². The summed E-state index contributed by atoms with van der Waals surface area (Å²) in [4.78, 5) is 24.3. The Balaban J connectivity index is 1.83. The van der Waals surface area contributed by atoms with Gasteiger partial charge in [-0.15, -0.1) is 0 Å². The Labute approximate surface area is 201 Å². The van der Waals surface area contributed by atoms with Crippen LogP contribution in [0.1, 0.15) is 15.9 Å². The Hall–Kier alpha value is -2.91. The summed E-state index contributed by atoms with van der Waals surface area (Å²) in [5.41, 5.74) is 1.35. The fourth-order valence-corrected chi connectivity index (χ4v) is 4.71. The number of anilines is 1. The van der Waals surface area contributed by atoms with Crippen molar-refractivity contribution in [2.45, 2.75) is 11.4 Å². The van der Waals surface area contributed by atoms with Crippen LogP contribution in [-0.4, -0.2) is 38.3 Å². The number of sulfonamides is 1. The molecule has 0 aliphatic carbocycles. The Bertz CT molecular complexity index is 1250. The van der Waals surface area contributed by atoms with E-state index in [0.717, 1.165) is 4.31 Å². The second kappa shape index (κ2) is 10.8. The first kappa shape index (κ1) is 24.7. The van der Waals surface area contributed by atoms with Crippen LogP contribution >= 0.6 is 23.2 Å². The lowest BCUT2D eigenvalue weighted by atomic mass is 10.2. The van der Waals surface area contributed by atoms with E-state index in [1.807, 2.05) is 0 Å². The van der Waals surface area contributed by atoms with Crippen molar-refractivity contribution in [3.63, 3.8) is 0 Å². The maximum absolute atomic E-state index is 13.3. The zero-order valence-corrected chi connectivity index (χ0v) is 19.8. The van der Waals surface area contributed by atoms with Crippen molar-refractivity contribution in [1.29, 1.82) is 0 Å². The lowest BCUT2D eigenvalue weighted by molar-refractivity contribution is -0.116. The van der Waals surface area contributed by atoms with Gasteiger partial charge in [-0.25, -0.2) is 13.2 Å². The van der Waals surface area contributed by atoms with Gasteiger partial charge in [0.15, 0.2) is 0 Å². The second-order valence-corrected chi connectivity index (χ2v) is 9.78. The predicted octanol–water partition coefficient (Wildman–Crippen LogP) is 4.61. The molecule has 0 atom stereocenters. The molecule has 0 fully saturated rings. The van der Waals surface area contributed by atoms with Gasteiger partial charge in [-0.05, 0) is 66.2 Å². The molecule has 33 heavy (non-hydrogen) atoms. The Morgan fingerprint density at radius 1 is 0.939 bits per heavy atom. The molecule has 3 rings (SSSR count). The quantitative estimate of drug-likeness (QED) is 0.450. The van der Waals surface area contributed by atoms with Gasteiger partial charge in [0.25, 0.3) is 0 Å². The molecule has 0 heterocycles. The molecular formula is C23H20Cl2N2O5S. The maximum Gasteiger partial charge on any atom is 0.337 e. The Morgan fingerprint density at radius 3 is 2.21 bits per heavy atom. The molecule has 0 aliphatic rings. The summed E-state index contributed by atoms with van der Waals surface area (Å²) in [5, 5.41) is 3.48. The van der Waals surface area contributed by atoms with Gasteiger partial charge in [-0.2, -0.15) is 4.31 Å². The SMILES string of the molecule is COC(=O)c1ccc(NC(=O)CN(Cc2cccc(Cl)c2)S(=O)(=O)c2ccc(Cl)cc2)cc1. The number of methoxy groups -OCH3 is 1. The zero-order chi connectivity index (χ0) is 24.0. The van der Waals surface area contributed by atoms with E-state index in [1.54, 1.807) is 24.3 Å². The molecule has 3 aromatic carbocycles. The molecule has 3 aromatic rings. The second-order valence-electron chi connectivity index (χ2n) is 6.97. The summed E-state index contributed by atoms with van der Waals surface area (Å²) < 4.78 is 32.3. The average molecular weight is 507 g/mol. The van der Waals surface area contributed by atoms with Crippen LogP contribution in [0.25, 0.3) is 0 Å².